The van der Waals surface area contributed by atoms with Crippen molar-refractivity contribution in [2.24, 2.45) is 0 Å². The number of rotatable bonds is 3. The number of amides is 1. The monoisotopic (exact) mass is 395 g/mol. The Bertz CT molecular complexity index is 613. The van der Waals surface area contributed by atoms with E-state index in [2.05, 4.69) is 31.9 Å². The lowest BCUT2D eigenvalue weighted by Gasteiger charge is -2.26. The lowest BCUT2D eigenvalue weighted by atomic mass is 10.1. The fraction of sp³-hybridized carbons (Fsp3) is 0.188. The molecule has 2 rings (SSSR count). The van der Waals surface area contributed by atoms with Crippen LogP contribution in [-0.4, -0.2) is 17.9 Å². The fourth-order valence-electron chi connectivity index (χ4n) is 1.98. The zero-order chi connectivity index (χ0) is 14.7. The molecule has 0 fully saturated rings. The van der Waals surface area contributed by atoms with Crippen molar-refractivity contribution in [2.75, 3.05) is 7.05 Å². The average Bonchev–Trinajstić information content (AvgIpc) is 2.48. The van der Waals surface area contributed by atoms with Crippen LogP contribution in [0.15, 0.2) is 57.5 Å². The molecule has 104 valence electrons. The first-order valence-electron chi connectivity index (χ1n) is 6.28. The highest BCUT2D eigenvalue weighted by atomic mass is 79.9. The van der Waals surface area contributed by atoms with E-state index in [0.717, 1.165) is 14.5 Å². The average molecular weight is 397 g/mol. The maximum absolute atomic E-state index is 12.6. The predicted octanol–water partition coefficient (Wildman–Crippen LogP) is 5.04. The summed E-state index contributed by atoms with van der Waals surface area (Å²) in [5, 5.41) is 0. The van der Waals surface area contributed by atoms with E-state index in [1.165, 1.54) is 0 Å². The molecule has 0 spiro atoms. The van der Waals surface area contributed by atoms with Crippen LogP contribution in [0.4, 0.5) is 0 Å². The summed E-state index contributed by atoms with van der Waals surface area (Å²) in [5.41, 5.74) is 1.78. The third-order valence-corrected chi connectivity index (χ3v) is 4.53. The van der Waals surface area contributed by atoms with Crippen LogP contribution in [-0.2, 0) is 0 Å². The molecule has 2 aromatic rings. The summed E-state index contributed by atoms with van der Waals surface area (Å²) < 4.78 is 1.70. The Kier molecular flexibility index (Phi) is 5.00. The van der Waals surface area contributed by atoms with Gasteiger partial charge in [0.05, 0.1) is 11.6 Å². The highest BCUT2D eigenvalue weighted by Gasteiger charge is 2.20. The molecule has 0 aliphatic rings. The van der Waals surface area contributed by atoms with Gasteiger partial charge in [-0.1, -0.05) is 46.3 Å². The molecular weight excluding hydrogens is 382 g/mol. The minimum atomic E-state index is -0.00507. The lowest BCUT2D eigenvalue weighted by Crippen LogP contribution is -2.29. The summed E-state index contributed by atoms with van der Waals surface area (Å²) in [4.78, 5) is 14.4. The molecule has 1 atom stereocenters. The Morgan fingerprint density at radius 3 is 2.40 bits per heavy atom. The summed E-state index contributed by atoms with van der Waals surface area (Å²) in [7, 11) is 1.83. The Labute approximate surface area is 136 Å². The smallest absolute Gasteiger partial charge is 0.255 e. The molecule has 4 heteroatoms. The first-order valence-corrected chi connectivity index (χ1v) is 7.86. The minimum Gasteiger partial charge on any atom is -0.335 e. The van der Waals surface area contributed by atoms with Crippen LogP contribution >= 0.6 is 31.9 Å². The molecule has 1 unspecified atom stereocenters. The first-order chi connectivity index (χ1) is 9.50. The van der Waals surface area contributed by atoms with Crippen molar-refractivity contribution in [3.63, 3.8) is 0 Å². The highest BCUT2D eigenvalue weighted by molar-refractivity contribution is 9.11. The Morgan fingerprint density at radius 2 is 1.75 bits per heavy atom. The normalized spacial score (nSPS) is 12.0. The van der Waals surface area contributed by atoms with Crippen molar-refractivity contribution >= 4 is 37.8 Å². The van der Waals surface area contributed by atoms with E-state index in [9.17, 15) is 4.79 Å². The van der Waals surface area contributed by atoms with E-state index < -0.39 is 0 Å². The van der Waals surface area contributed by atoms with E-state index in [4.69, 9.17) is 0 Å². The zero-order valence-electron chi connectivity index (χ0n) is 11.3. The Morgan fingerprint density at radius 1 is 1.10 bits per heavy atom. The number of halogens is 2. The highest BCUT2D eigenvalue weighted by Crippen LogP contribution is 2.26. The number of hydrogen-bond acceptors (Lipinski definition) is 1. The third kappa shape index (κ3) is 3.30. The largest absolute Gasteiger partial charge is 0.335 e. The molecule has 0 heterocycles. The number of carbonyl (C=O) groups is 1. The molecule has 0 N–H and O–H groups in total. The van der Waals surface area contributed by atoms with Crippen molar-refractivity contribution in [1.82, 2.24) is 4.90 Å². The van der Waals surface area contributed by atoms with Crippen LogP contribution in [0.5, 0.6) is 0 Å². The molecule has 0 radical (unpaired) electrons. The summed E-state index contributed by atoms with van der Waals surface area (Å²) >= 11 is 6.84. The van der Waals surface area contributed by atoms with E-state index in [1.807, 2.05) is 62.5 Å². The van der Waals surface area contributed by atoms with Gasteiger partial charge in [0, 0.05) is 16.0 Å². The standard InChI is InChI=1S/C16H15Br2NO/c1-11(12-6-4-3-5-7-12)19(2)16(20)14-10-13(17)8-9-15(14)18/h3-11H,1-2H3. The van der Waals surface area contributed by atoms with Gasteiger partial charge in [-0.05, 0) is 46.6 Å². The van der Waals surface area contributed by atoms with Gasteiger partial charge in [-0.15, -0.1) is 0 Å². The van der Waals surface area contributed by atoms with Gasteiger partial charge in [-0.2, -0.15) is 0 Å². The van der Waals surface area contributed by atoms with Gasteiger partial charge in [0.25, 0.3) is 5.91 Å². The fourth-order valence-corrected chi connectivity index (χ4v) is 2.76. The Hall–Kier alpha value is -1.13. The topological polar surface area (TPSA) is 20.3 Å². The van der Waals surface area contributed by atoms with Gasteiger partial charge >= 0.3 is 0 Å². The van der Waals surface area contributed by atoms with Crippen LogP contribution < -0.4 is 0 Å². The Balaban J connectivity index is 2.27. The number of benzene rings is 2. The van der Waals surface area contributed by atoms with Crippen LogP contribution in [0.25, 0.3) is 0 Å². The van der Waals surface area contributed by atoms with E-state index in [-0.39, 0.29) is 11.9 Å². The molecule has 0 aliphatic heterocycles. The van der Waals surface area contributed by atoms with Crippen molar-refractivity contribution in [3.05, 3.63) is 68.6 Å². The second-order valence-corrected chi connectivity index (χ2v) is 6.40. The maximum atomic E-state index is 12.6. The van der Waals surface area contributed by atoms with Gasteiger partial charge in [-0.3, -0.25) is 4.79 Å². The number of nitrogens with zero attached hydrogens (tertiary/aromatic N) is 1. The molecule has 0 aromatic heterocycles. The zero-order valence-corrected chi connectivity index (χ0v) is 14.5. The van der Waals surface area contributed by atoms with E-state index in [0.29, 0.717) is 5.56 Å². The lowest BCUT2D eigenvalue weighted by molar-refractivity contribution is 0.0741. The van der Waals surface area contributed by atoms with Gasteiger partial charge in [0.15, 0.2) is 0 Å². The van der Waals surface area contributed by atoms with Crippen molar-refractivity contribution in [1.29, 1.82) is 0 Å². The second-order valence-electron chi connectivity index (χ2n) is 4.63. The molecule has 2 aromatic carbocycles. The van der Waals surface area contributed by atoms with Crippen LogP contribution in [0.2, 0.25) is 0 Å². The van der Waals surface area contributed by atoms with Gasteiger partial charge in [-0.25, -0.2) is 0 Å². The van der Waals surface area contributed by atoms with Gasteiger partial charge in [0.1, 0.15) is 0 Å². The minimum absolute atomic E-state index is 0.00507. The van der Waals surface area contributed by atoms with Crippen molar-refractivity contribution < 1.29 is 4.79 Å². The van der Waals surface area contributed by atoms with E-state index in [1.54, 1.807) is 4.90 Å². The molecule has 0 bridgehead atoms. The SMILES string of the molecule is CC(c1ccccc1)N(C)C(=O)c1cc(Br)ccc1Br. The summed E-state index contributed by atoms with van der Waals surface area (Å²) in [6.07, 6.45) is 0. The third-order valence-electron chi connectivity index (χ3n) is 3.34. The van der Waals surface area contributed by atoms with Crippen molar-refractivity contribution in [3.8, 4) is 0 Å². The number of hydrogen-bond donors (Lipinski definition) is 0. The summed E-state index contributed by atoms with van der Waals surface area (Å²) in [5.74, 6) is -0.00507. The van der Waals surface area contributed by atoms with E-state index >= 15 is 0 Å². The maximum Gasteiger partial charge on any atom is 0.255 e. The molecular formula is C16H15Br2NO. The van der Waals surface area contributed by atoms with Gasteiger partial charge < -0.3 is 4.90 Å². The van der Waals surface area contributed by atoms with Crippen LogP contribution in [0, 0.1) is 0 Å². The second kappa shape index (κ2) is 6.55. The first kappa shape index (κ1) is 15.3. The van der Waals surface area contributed by atoms with Gasteiger partial charge in [0.2, 0.25) is 0 Å². The molecule has 0 saturated heterocycles. The molecule has 2 nitrogen and oxygen atoms in total. The quantitative estimate of drug-likeness (QED) is 0.711. The van der Waals surface area contributed by atoms with Crippen LogP contribution in [0.1, 0.15) is 28.9 Å². The molecule has 0 saturated carbocycles. The molecule has 20 heavy (non-hydrogen) atoms. The predicted molar refractivity (Wildman–Crippen MR) is 88.8 cm³/mol. The summed E-state index contributed by atoms with van der Waals surface area (Å²) in [6, 6.07) is 15.6. The molecule has 1 amide bonds. The summed E-state index contributed by atoms with van der Waals surface area (Å²) in [6.45, 7) is 2.03. The van der Waals surface area contributed by atoms with Crippen molar-refractivity contribution in [2.45, 2.75) is 13.0 Å². The number of carbonyl (C=O) groups excluding carboxylic acids is 1. The molecule has 0 aliphatic carbocycles. The van der Waals surface area contributed by atoms with Crippen LogP contribution in [0.3, 0.4) is 0 Å².